The smallest absolute Gasteiger partial charge is 0.148 e. The minimum atomic E-state index is 0.547. The van der Waals surface area contributed by atoms with Gasteiger partial charge in [0, 0.05) is 22.5 Å². The number of aryl methyl sites for hydroxylation is 2. The van der Waals surface area contributed by atoms with Crippen molar-refractivity contribution in [1.82, 2.24) is 15.5 Å². The second-order valence-electron chi connectivity index (χ2n) is 5.17. The van der Waals surface area contributed by atoms with Gasteiger partial charge < -0.3 is 5.32 Å². The summed E-state index contributed by atoms with van der Waals surface area (Å²) >= 11 is 5.19. The van der Waals surface area contributed by atoms with E-state index in [1.54, 1.807) is 11.3 Å². The second kappa shape index (κ2) is 7.29. The van der Waals surface area contributed by atoms with Crippen LogP contribution >= 0.6 is 27.3 Å². The quantitative estimate of drug-likeness (QED) is 0.790. The predicted molar refractivity (Wildman–Crippen MR) is 89.2 cm³/mol. The van der Waals surface area contributed by atoms with Gasteiger partial charge in [-0.05, 0) is 37.6 Å². The zero-order valence-corrected chi connectivity index (χ0v) is 14.5. The monoisotopic (exact) mass is 353 g/mol. The molecule has 0 bridgehead atoms. The minimum absolute atomic E-state index is 0.547. The Morgan fingerprint density at radius 3 is 2.80 bits per heavy atom. The maximum atomic E-state index is 4.32. The highest BCUT2D eigenvalue weighted by atomic mass is 79.9. The lowest BCUT2D eigenvalue weighted by Gasteiger charge is -2.05. The van der Waals surface area contributed by atoms with Crippen LogP contribution in [0.4, 0.5) is 0 Å². The molecule has 108 valence electrons. The Kier molecular flexibility index (Phi) is 5.69. The van der Waals surface area contributed by atoms with Crippen molar-refractivity contribution < 1.29 is 0 Å². The van der Waals surface area contributed by atoms with Crippen LogP contribution < -0.4 is 5.32 Å². The van der Waals surface area contributed by atoms with Gasteiger partial charge >= 0.3 is 0 Å². The van der Waals surface area contributed by atoms with Crippen molar-refractivity contribution in [3.05, 3.63) is 33.2 Å². The molecule has 0 unspecified atom stereocenters. The van der Waals surface area contributed by atoms with Crippen molar-refractivity contribution in [3.8, 4) is 10.6 Å². The largest absolute Gasteiger partial charge is 0.315 e. The maximum absolute atomic E-state index is 4.32. The molecule has 0 radical (unpaired) electrons. The summed E-state index contributed by atoms with van der Waals surface area (Å²) in [6.07, 6.45) is 2.10. The van der Waals surface area contributed by atoms with E-state index in [4.69, 9.17) is 0 Å². The molecule has 0 saturated heterocycles. The molecular weight excluding hydrogens is 334 g/mol. The molecule has 0 aliphatic rings. The molecule has 0 atom stereocenters. The van der Waals surface area contributed by atoms with Gasteiger partial charge in [-0.2, -0.15) is 0 Å². The van der Waals surface area contributed by atoms with Crippen LogP contribution in [0.15, 0.2) is 22.7 Å². The van der Waals surface area contributed by atoms with Gasteiger partial charge in [-0.3, -0.25) is 0 Å². The molecule has 2 rings (SSSR count). The van der Waals surface area contributed by atoms with E-state index >= 15 is 0 Å². The summed E-state index contributed by atoms with van der Waals surface area (Å²) in [4.78, 5) is 0. The number of aromatic nitrogens is 2. The molecule has 1 N–H and O–H groups in total. The summed E-state index contributed by atoms with van der Waals surface area (Å²) in [5.74, 6) is 0. The standard InChI is InChI=1S/C15H20BrN3S/c1-10(2)17-8-4-5-14-18-19-15(20-14)13-7-6-12(16)9-11(13)3/h6-7,9-10,17H,4-5,8H2,1-3H3. The van der Waals surface area contributed by atoms with Crippen molar-refractivity contribution in [1.29, 1.82) is 0 Å². The zero-order valence-electron chi connectivity index (χ0n) is 12.1. The van der Waals surface area contributed by atoms with E-state index in [-0.39, 0.29) is 0 Å². The lowest BCUT2D eigenvalue weighted by atomic mass is 10.1. The molecule has 0 aliphatic carbocycles. The fourth-order valence-corrected chi connectivity index (χ4v) is 3.41. The van der Waals surface area contributed by atoms with Crippen molar-refractivity contribution in [2.24, 2.45) is 0 Å². The normalized spacial score (nSPS) is 11.2. The highest BCUT2D eigenvalue weighted by molar-refractivity contribution is 9.10. The van der Waals surface area contributed by atoms with Gasteiger partial charge in [0.1, 0.15) is 10.0 Å². The van der Waals surface area contributed by atoms with Gasteiger partial charge in [0.2, 0.25) is 0 Å². The molecule has 0 spiro atoms. The summed E-state index contributed by atoms with van der Waals surface area (Å²) in [6.45, 7) is 7.47. The van der Waals surface area contributed by atoms with Gasteiger partial charge in [-0.1, -0.05) is 47.2 Å². The first kappa shape index (κ1) is 15.6. The lowest BCUT2D eigenvalue weighted by molar-refractivity contribution is 0.569. The molecule has 3 nitrogen and oxygen atoms in total. The third-order valence-electron chi connectivity index (χ3n) is 3.01. The van der Waals surface area contributed by atoms with E-state index in [1.807, 2.05) is 0 Å². The first-order valence-electron chi connectivity index (χ1n) is 6.88. The van der Waals surface area contributed by atoms with Crippen LogP contribution in [0.1, 0.15) is 30.8 Å². The molecule has 0 amide bonds. The summed E-state index contributed by atoms with van der Waals surface area (Å²) in [7, 11) is 0. The van der Waals surface area contributed by atoms with Gasteiger partial charge in [-0.15, -0.1) is 10.2 Å². The highest BCUT2D eigenvalue weighted by Gasteiger charge is 2.09. The Balaban J connectivity index is 1.98. The first-order chi connectivity index (χ1) is 9.56. The second-order valence-corrected chi connectivity index (χ2v) is 7.15. The van der Waals surface area contributed by atoms with Gasteiger partial charge in [0.25, 0.3) is 0 Å². The number of nitrogens with zero attached hydrogens (tertiary/aromatic N) is 2. The average Bonchev–Trinajstić information content (AvgIpc) is 2.83. The van der Waals surface area contributed by atoms with E-state index in [0.29, 0.717) is 6.04 Å². The topological polar surface area (TPSA) is 37.8 Å². The van der Waals surface area contributed by atoms with Crippen LogP contribution in [0.3, 0.4) is 0 Å². The molecule has 0 saturated carbocycles. The summed E-state index contributed by atoms with van der Waals surface area (Å²) in [5, 5.41) is 14.2. The van der Waals surface area contributed by atoms with Crippen molar-refractivity contribution in [2.75, 3.05) is 6.54 Å². The van der Waals surface area contributed by atoms with Crippen LogP contribution in [-0.2, 0) is 6.42 Å². The minimum Gasteiger partial charge on any atom is -0.315 e. The molecule has 5 heteroatoms. The van der Waals surface area contributed by atoms with Crippen molar-refractivity contribution in [2.45, 2.75) is 39.7 Å². The molecule has 0 fully saturated rings. The highest BCUT2D eigenvalue weighted by Crippen LogP contribution is 2.28. The van der Waals surface area contributed by atoms with Crippen molar-refractivity contribution in [3.63, 3.8) is 0 Å². The Morgan fingerprint density at radius 2 is 2.10 bits per heavy atom. The lowest BCUT2D eigenvalue weighted by Crippen LogP contribution is -2.23. The summed E-state index contributed by atoms with van der Waals surface area (Å²) < 4.78 is 1.10. The maximum Gasteiger partial charge on any atom is 0.148 e. The van der Waals surface area contributed by atoms with Crippen LogP contribution in [0.25, 0.3) is 10.6 Å². The fourth-order valence-electron chi connectivity index (χ4n) is 1.96. The van der Waals surface area contributed by atoms with Crippen LogP contribution in [-0.4, -0.2) is 22.8 Å². The number of rotatable bonds is 6. The Hall–Kier alpha value is -0.780. The summed E-state index contributed by atoms with van der Waals surface area (Å²) in [5.41, 5.74) is 2.40. The number of nitrogens with one attached hydrogen (secondary N) is 1. The van der Waals surface area contributed by atoms with Gasteiger partial charge in [-0.25, -0.2) is 0 Å². The number of halogens is 1. The van der Waals surface area contributed by atoms with Gasteiger partial charge in [0.15, 0.2) is 0 Å². The number of hydrogen-bond acceptors (Lipinski definition) is 4. The molecule has 20 heavy (non-hydrogen) atoms. The van der Waals surface area contributed by atoms with E-state index in [9.17, 15) is 0 Å². The van der Waals surface area contributed by atoms with E-state index in [1.165, 1.54) is 11.1 Å². The Labute approximate surface area is 133 Å². The van der Waals surface area contributed by atoms with E-state index in [2.05, 4.69) is 70.4 Å². The van der Waals surface area contributed by atoms with E-state index in [0.717, 1.165) is 33.9 Å². The van der Waals surface area contributed by atoms with Gasteiger partial charge in [0.05, 0.1) is 0 Å². The van der Waals surface area contributed by atoms with Crippen LogP contribution in [0, 0.1) is 6.92 Å². The fraction of sp³-hybridized carbons (Fsp3) is 0.467. The average molecular weight is 354 g/mol. The molecule has 1 heterocycles. The van der Waals surface area contributed by atoms with Crippen LogP contribution in [0.2, 0.25) is 0 Å². The third-order valence-corrected chi connectivity index (χ3v) is 4.52. The number of benzene rings is 1. The summed E-state index contributed by atoms with van der Waals surface area (Å²) in [6, 6.07) is 6.81. The molecule has 1 aromatic heterocycles. The van der Waals surface area contributed by atoms with Crippen LogP contribution in [0.5, 0.6) is 0 Å². The third kappa shape index (κ3) is 4.36. The zero-order chi connectivity index (χ0) is 14.5. The Bertz CT molecular complexity index is 566. The van der Waals surface area contributed by atoms with Crippen molar-refractivity contribution >= 4 is 27.3 Å². The Morgan fingerprint density at radius 1 is 1.30 bits per heavy atom. The molecule has 2 aromatic rings. The first-order valence-corrected chi connectivity index (χ1v) is 8.49. The predicted octanol–water partition coefficient (Wildman–Crippen LogP) is 4.21. The SMILES string of the molecule is Cc1cc(Br)ccc1-c1nnc(CCCNC(C)C)s1. The molecule has 0 aliphatic heterocycles. The molecular formula is C15H20BrN3S. The number of hydrogen-bond donors (Lipinski definition) is 1. The van der Waals surface area contributed by atoms with E-state index < -0.39 is 0 Å². The molecule has 1 aromatic carbocycles.